The van der Waals surface area contributed by atoms with Gasteiger partial charge in [0.2, 0.25) is 0 Å². The summed E-state index contributed by atoms with van der Waals surface area (Å²) in [5.41, 5.74) is -0.970. The molecule has 1 amide bonds. The van der Waals surface area contributed by atoms with E-state index >= 15 is 0 Å². The summed E-state index contributed by atoms with van der Waals surface area (Å²) in [6, 6.07) is 0. The van der Waals surface area contributed by atoms with E-state index in [0.717, 1.165) is 19.1 Å². The Balaban J connectivity index is 2.48. The molecule has 1 N–H and O–H groups in total. The van der Waals surface area contributed by atoms with Crippen LogP contribution in [0.4, 0.5) is 4.79 Å². The maximum atomic E-state index is 11.6. The Morgan fingerprint density at radius 2 is 1.83 bits per heavy atom. The molecule has 0 radical (unpaired) electrons. The van der Waals surface area contributed by atoms with Gasteiger partial charge >= 0.3 is 6.09 Å². The van der Waals surface area contributed by atoms with Crippen molar-refractivity contribution in [3.63, 3.8) is 0 Å². The first kappa shape index (κ1) is 15.0. The molecule has 0 bridgehead atoms. The number of nitrogens with one attached hydrogen (secondary N) is 1. The number of aldehydes is 1. The minimum Gasteiger partial charge on any atom is -0.444 e. The number of amides is 1. The third-order valence-electron chi connectivity index (χ3n) is 3.57. The average Bonchev–Trinajstić information content (AvgIpc) is 2.77. The van der Waals surface area contributed by atoms with E-state index in [1.807, 2.05) is 27.7 Å². The summed E-state index contributed by atoms with van der Waals surface area (Å²) in [6.45, 7) is 7.75. The second kappa shape index (κ2) is 5.72. The van der Waals surface area contributed by atoms with Crippen LogP contribution in [0.3, 0.4) is 0 Å². The largest absolute Gasteiger partial charge is 0.444 e. The summed E-state index contributed by atoms with van der Waals surface area (Å²) >= 11 is 0. The molecule has 0 aromatic rings. The minimum atomic E-state index is -0.505. The van der Waals surface area contributed by atoms with Gasteiger partial charge in [0.15, 0.2) is 0 Å². The van der Waals surface area contributed by atoms with Crippen LogP contribution in [-0.2, 0) is 9.53 Å². The van der Waals surface area contributed by atoms with E-state index in [1.54, 1.807) is 0 Å². The predicted octanol–water partition coefficient (Wildman–Crippen LogP) is 2.91. The molecule has 0 aromatic carbocycles. The first-order chi connectivity index (χ1) is 8.27. The van der Waals surface area contributed by atoms with Crippen LogP contribution in [0.15, 0.2) is 0 Å². The zero-order valence-corrected chi connectivity index (χ0v) is 11.9. The van der Waals surface area contributed by atoms with E-state index in [1.165, 1.54) is 12.8 Å². The van der Waals surface area contributed by atoms with Crippen LogP contribution in [0.1, 0.15) is 53.4 Å². The highest BCUT2D eigenvalue weighted by Crippen LogP contribution is 2.38. The fourth-order valence-electron chi connectivity index (χ4n) is 2.44. The second-order valence-electron chi connectivity index (χ2n) is 6.46. The number of hydrogen-bond acceptors (Lipinski definition) is 3. The van der Waals surface area contributed by atoms with Gasteiger partial charge in [0.05, 0.1) is 0 Å². The number of hydrogen-bond donors (Lipinski definition) is 1. The Morgan fingerprint density at radius 1 is 1.28 bits per heavy atom. The maximum Gasteiger partial charge on any atom is 0.407 e. The summed E-state index contributed by atoms with van der Waals surface area (Å²) in [6.07, 6.45) is 5.05. The molecule has 1 rings (SSSR count). The molecule has 1 atom stereocenters. The number of carbonyl (C=O) groups is 2. The lowest BCUT2D eigenvalue weighted by atomic mass is 9.77. The normalized spacial score (nSPS) is 20.2. The van der Waals surface area contributed by atoms with Gasteiger partial charge in [-0.05, 0) is 39.5 Å². The van der Waals surface area contributed by atoms with Gasteiger partial charge in [0, 0.05) is 12.0 Å². The highest BCUT2D eigenvalue weighted by atomic mass is 16.6. The first-order valence-electron chi connectivity index (χ1n) is 6.70. The van der Waals surface area contributed by atoms with Crippen molar-refractivity contribution in [1.29, 1.82) is 0 Å². The lowest BCUT2D eigenvalue weighted by molar-refractivity contribution is -0.117. The highest BCUT2D eigenvalue weighted by molar-refractivity contribution is 5.69. The van der Waals surface area contributed by atoms with Gasteiger partial charge in [0.25, 0.3) is 0 Å². The SMILES string of the molecule is CC(C)(C)OC(=O)NCC(C)(C=O)C1CCCC1. The van der Waals surface area contributed by atoms with E-state index in [-0.39, 0.29) is 0 Å². The Labute approximate surface area is 109 Å². The molecule has 4 nitrogen and oxygen atoms in total. The Morgan fingerprint density at radius 3 is 2.28 bits per heavy atom. The molecular formula is C14H25NO3. The highest BCUT2D eigenvalue weighted by Gasteiger charge is 2.36. The van der Waals surface area contributed by atoms with Crippen molar-refractivity contribution in [1.82, 2.24) is 5.32 Å². The average molecular weight is 255 g/mol. The van der Waals surface area contributed by atoms with Crippen molar-refractivity contribution >= 4 is 12.4 Å². The van der Waals surface area contributed by atoms with Crippen molar-refractivity contribution in [2.45, 2.75) is 59.0 Å². The molecule has 1 aliphatic carbocycles. The van der Waals surface area contributed by atoms with Gasteiger partial charge in [-0.25, -0.2) is 4.79 Å². The van der Waals surface area contributed by atoms with Crippen molar-refractivity contribution in [3.8, 4) is 0 Å². The van der Waals surface area contributed by atoms with Crippen molar-refractivity contribution in [2.24, 2.45) is 11.3 Å². The van der Waals surface area contributed by atoms with Crippen LogP contribution in [0.5, 0.6) is 0 Å². The molecule has 1 fully saturated rings. The Kier molecular flexibility index (Phi) is 4.77. The lowest BCUT2D eigenvalue weighted by Crippen LogP contribution is -2.42. The van der Waals surface area contributed by atoms with E-state index in [9.17, 15) is 9.59 Å². The molecule has 0 aromatic heterocycles. The first-order valence-corrected chi connectivity index (χ1v) is 6.70. The summed E-state index contributed by atoms with van der Waals surface area (Å²) in [5, 5.41) is 2.72. The molecule has 0 heterocycles. The van der Waals surface area contributed by atoms with Crippen LogP contribution >= 0.6 is 0 Å². The van der Waals surface area contributed by atoms with Crippen LogP contribution in [0.25, 0.3) is 0 Å². The van der Waals surface area contributed by atoms with Gasteiger partial charge in [-0.2, -0.15) is 0 Å². The van der Waals surface area contributed by atoms with E-state index in [0.29, 0.717) is 12.5 Å². The number of carbonyl (C=O) groups excluding carboxylic acids is 2. The quantitative estimate of drug-likeness (QED) is 0.786. The van der Waals surface area contributed by atoms with Gasteiger partial charge < -0.3 is 14.8 Å². The van der Waals surface area contributed by atoms with Crippen LogP contribution < -0.4 is 5.32 Å². The monoisotopic (exact) mass is 255 g/mol. The minimum absolute atomic E-state index is 0.357. The number of rotatable bonds is 4. The summed E-state index contributed by atoms with van der Waals surface area (Å²) < 4.78 is 5.17. The van der Waals surface area contributed by atoms with Gasteiger partial charge in [-0.15, -0.1) is 0 Å². The fraction of sp³-hybridized carbons (Fsp3) is 0.857. The molecule has 0 spiro atoms. The van der Waals surface area contributed by atoms with Crippen molar-refractivity contribution < 1.29 is 14.3 Å². The molecule has 0 aliphatic heterocycles. The molecule has 18 heavy (non-hydrogen) atoms. The third-order valence-corrected chi connectivity index (χ3v) is 3.57. The number of alkyl carbamates (subject to hydrolysis) is 1. The molecule has 1 unspecified atom stereocenters. The van der Waals surface area contributed by atoms with E-state index in [4.69, 9.17) is 4.74 Å². The maximum absolute atomic E-state index is 11.6. The smallest absolute Gasteiger partial charge is 0.407 e. The molecule has 4 heteroatoms. The predicted molar refractivity (Wildman–Crippen MR) is 70.4 cm³/mol. The fourth-order valence-corrected chi connectivity index (χ4v) is 2.44. The number of ether oxygens (including phenoxy) is 1. The van der Waals surface area contributed by atoms with E-state index in [2.05, 4.69) is 5.32 Å². The van der Waals surface area contributed by atoms with Gasteiger partial charge in [0.1, 0.15) is 11.9 Å². The van der Waals surface area contributed by atoms with Crippen LogP contribution in [-0.4, -0.2) is 24.5 Å². The topological polar surface area (TPSA) is 55.4 Å². The van der Waals surface area contributed by atoms with Gasteiger partial charge in [-0.1, -0.05) is 19.8 Å². The van der Waals surface area contributed by atoms with Gasteiger partial charge in [-0.3, -0.25) is 0 Å². The summed E-state index contributed by atoms with van der Waals surface area (Å²) in [4.78, 5) is 22.9. The van der Waals surface area contributed by atoms with Crippen molar-refractivity contribution in [3.05, 3.63) is 0 Å². The molecule has 104 valence electrons. The van der Waals surface area contributed by atoms with Crippen molar-refractivity contribution in [2.75, 3.05) is 6.54 Å². The van der Waals surface area contributed by atoms with Crippen LogP contribution in [0.2, 0.25) is 0 Å². The zero-order chi connectivity index (χ0) is 13.8. The molecular weight excluding hydrogens is 230 g/mol. The third kappa shape index (κ3) is 4.31. The lowest BCUT2D eigenvalue weighted by Gasteiger charge is -2.30. The summed E-state index contributed by atoms with van der Waals surface area (Å²) in [7, 11) is 0. The Bertz CT molecular complexity index is 303. The van der Waals surface area contributed by atoms with E-state index < -0.39 is 17.1 Å². The summed E-state index contributed by atoms with van der Waals surface area (Å²) in [5.74, 6) is 0.380. The Hall–Kier alpha value is -1.06. The zero-order valence-electron chi connectivity index (χ0n) is 11.9. The standard InChI is InChI=1S/C14H25NO3/c1-13(2,3)18-12(17)15-9-14(4,10-16)11-7-5-6-8-11/h10-11H,5-9H2,1-4H3,(H,15,17). The second-order valence-corrected chi connectivity index (χ2v) is 6.46. The molecule has 1 saturated carbocycles. The molecule has 1 aliphatic rings. The molecule has 0 saturated heterocycles. The van der Waals surface area contributed by atoms with Crippen LogP contribution in [0, 0.1) is 11.3 Å².